The number of hydrogen-bond acceptors (Lipinski definition) is 3. The van der Waals surface area contributed by atoms with Gasteiger partial charge in [-0.3, -0.25) is 0 Å². The van der Waals surface area contributed by atoms with Gasteiger partial charge >= 0.3 is 16.8 Å². The minimum atomic E-state index is 0. The standard InChI is InChI=1S/C35H43N5.Co/c1-11-23-20(6)29-16-33-25(13-3)22(8)34(39-33)27(18-40(9)10)35-26(14-4)21(7)30(38-35)17-32-24(12-2)19(5)28(36-32)15-31(23)37-29;/h15-17H,11-14,18H2,1-10H3;/q-2;+2. The van der Waals surface area contributed by atoms with Crippen molar-refractivity contribution >= 4 is 44.4 Å². The number of hydrogen-bond donors (Lipinski definition) is 0. The van der Waals surface area contributed by atoms with Gasteiger partial charge in [0.15, 0.2) is 0 Å². The summed E-state index contributed by atoms with van der Waals surface area (Å²) in [5.41, 5.74) is 19.6. The molecule has 1 radical (unpaired) electrons. The monoisotopic (exact) mass is 592 g/mol. The SMILES string of the molecule is CCC1=C(C)c2cc3[n-]c(c(C)c3CC)c(CN(C)C)c3[n-]c(cc4nc(cc1n2)C(C)=C4CC)c(C)c3CC.[Co+2]. The molecule has 2 aliphatic heterocycles. The summed E-state index contributed by atoms with van der Waals surface area (Å²) in [5, 5.41) is 0. The van der Waals surface area contributed by atoms with Gasteiger partial charge in [-0.25, -0.2) is 9.97 Å². The van der Waals surface area contributed by atoms with E-state index in [1.807, 2.05) is 0 Å². The summed E-state index contributed by atoms with van der Waals surface area (Å²) >= 11 is 0. The molecule has 0 spiro atoms. The van der Waals surface area contributed by atoms with Crippen molar-refractivity contribution in [3.63, 3.8) is 0 Å². The molecular weight excluding hydrogens is 549 g/mol. The first-order valence-corrected chi connectivity index (χ1v) is 14.8. The molecule has 5 heterocycles. The van der Waals surface area contributed by atoms with Crippen LogP contribution in [0.2, 0.25) is 0 Å². The van der Waals surface area contributed by atoms with Crippen LogP contribution in [0.15, 0.2) is 18.2 Å². The Hall–Kier alpha value is -2.93. The summed E-state index contributed by atoms with van der Waals surface area (Å²) in [5.74, 6) is 0. The van der Waals surface area contributed by atoms with Crippen molar-refractivity contribution in [2.75, 3.05) is 14.1 Å². The average molecular weight is 593 g/mol. The van der Waals surface area contributed by atoms with Crippen molar-refractivity contribution in [3.05, 3.63) is 68.8 Å². The van der Waals surface area contributed by atoms with Gasteiger partial charge in [0.25, 0.3) is 0 Å². The molecule has 0 aromatic carbocycles. The van der Waals surface area contributed by atoms with Crippen LogP contribution in [0.3, 0.4) is 0 Å². The number of rotatable bonds is 6. The molecular formula is C35H43CoN5. The summed E-state index contributed by atoms with van der Waals surface area (Å²) < 4.78 is 0. The van der Waals surface area contributed by atoms with Crippen molar-refractivity contribution in [2.45, 2.75) is 87.6 Å². The van der Waals surface area contributed by atoms with E-state index in [0.717, 1.165) is 77.1 Å². The van der Waals surface area contributed by atoms with Gasteiger partial charge in [-0.05, 0) is 95.8 Å². The summed E-state index contributed by atoms with van der Waals surface area (Å²) in [4.78, 5) is 23.2. The molecule has 0 amide bonds. The van der Waals surface area contributed by atoms with Crippen LogP contribution >= 0.6 is 0 Å². The zero-order valence-electron chi connectivity index (χ0n) is 26.3. The second-order valence-electron chi connectivity index (χ2n) is 11.4. The van der Waals surface area contributed by atoms with Gasteiger partial charge in [-0.15, -0.1) is 22.1 Å². The van der Waals surface area contributed by atoms with Crippen LogP contribution in [0.1, 0.15) is 105 Å². The molecule has 0 saturated heterocycles. The van der Waals surface area contributed by atoms with Crippen LogP contribution in [0, 0.1) is 13.8 Å². The number of aromatic nitrogens is 4. The van der Waals surface area contributed by atoms with Gasteiger partial charge in [0.2, 0.25) is 0 Å². The largest absolute Gasteiger partial charge is 2.00 e. The first-order valence-electron chi connectivity index (χ1n) is 14.8. The Bertz CT molecular complexity index is 1730. The molecule has 41 heavy (non-hydrogen) atoms. The summed E-state index contributed by atoms with van der Waals surface area (Å²) in [6.07, 6.45) is 3.70. The normalized spacial score (nSPS) is 13.4. The van der Waals surface area contributed by atoms with Gasteiger partial charge in [0.1, 0.15) is 0 Å². The number of aryl methyl sites for hydroxylation is 4. The molecule has 8 bridgehead atoms. The van der Waals surface area contributed by atoms with Crippen molar-refractivity contribution in [3.8, 4) is 0 Å². The summed E-state index contributed by atoms with van der Waals surface area (Å²) in [7, 11) is 4.25. The number of allylic oxidation sites excluding steroid dienone is 4. The second-order valence-corrected chi connectivity index (χ2v) is 11.4. The third kappa shape index (κ3) is 5.26. The van der Waals surface area contributed by atoms with Crippen LogP contribution in [-0.4, -0.2) is 29.0 Å². The van der Waals surface area contributed by atoms with E-state index in [1.165, 1.54) is 50.1 Å². The zero-order chi connectivity index (χ0) is 28.9. The smallest absolute Gasteiger partial charge is 0.657 e. The van der Waals surface area contributed by atoms with Crippen LogP contribution in [0.4, 0.5) is 0 Å². The Labute approximate surface area is 255 Å². The van der Waals surface area contributed by atoms with Gasteiger partial charge in [-0.2, -0.15) is 0 Å². The van der Waals surface area contributed by atoms with Crippen molar-refractivity contribution < 1.29 is 16.8 Å². The van der Waals surface area contributed by atoms with Crippen LogP contribution in [0.25, 0.3) is 44.4 Å². The average Bonchev–Trinajstić information content (AvgIpc) is 3.59. The predicted octanol–water partition coefficient (Wildman–Crippen LogP) is 8.06. The van der Waals surface area contributed by atoms with Crippen molar-refractivity contribution in [1.29, 1.82) is 0 Å². The van der Waals surface area contributed by atoms with E-state index in [4.69, 9.17) is 19.9 Å². The predicted molar refractivity (Wildman–Crippen MR) is 170 cm³/mol. The number of fused-ring (bicyclic) bond motifs is 8. The van der Waals surface area contributed by atoms with E-state index in [2.05, 4.69) is 92.6 Å². The Morgan fingerprint density at radius 1 is 0.585 bits per heavy atom. The molecule has 0 atom stereocenters. The first-order chi connectivity index (χ1) is 19.1. The quantitative estimate of drug-likeness (QED) is 0.290. The molecule has 217 valence electrons. The fraction of sp³-hybridized carbons (Fsp3) is 0.429. The van der Waals surface area contributed by atoms with Crippen molar-refractivity contribution in [1.82, 2.24) is 24.8 Å². The van der Waals surface area contributed by atoms with Gasteiger partial charge < -0.3 is 14.9 Å². The molecule has 0 fully saturated rings. The molecule has 0 aliphatic carbocycles. The van der Waals surface area contributed by atoms with E-state index in [-0.39, 0.29) is 16.8 Å². The van der Waals surface area contributed by atoms with Crippen LogP contribution < -0.4 is 9.97 Å². The van der Waals surface area contributed by atoms with E-state index in [0.29, 0.717) is 0 Å². The minimum absolute atomic E-state index is 0. The fourth-order valence-corrected chi connectivity index (χ4v) is 6.53. The van der Waals surface area contributed by atoms with Gasteiger partial charge in [-0.1, -0.05) is 67.6 Å². The van der Waals surface area contributed by atoms with E-state index < -0.39 is 0 Å². The Kier molecular flexibility index (Phi) is 9.17. The Morgan fingerprint density at radius 2 is 1.10 bits per heavy atom. The maximum absolute atomic E-state index is 5.33. The zero-order valence-corrected chi connectivity index (χ0v) is 27.4. The van der Waals surface area contributed by atoms with Crippen molar-refractivity contribution in [2.24, 2.45) is 0 Å². The molecule has 2 aliphatic rings. The molecule has 0 N–H and O–H groups in total. The molecule has 5 rings (SSSR count). The fourth-order valence-electron chi connectivity index (χ4n) is 6.53. The maximum atomic E-state index is 5.33. The van der Waals surface area contributed by atoms with Crippen LogP contribution in [-0.2, 0) is 36.2 Å². The first kappa shape index (κ1) is 31.0. The van der Waals surface area contributed by atoms with E-state index in [1.54, 1.807) is 0 Å². The molecule has 3 aromatic heterocycles. The van der Waals surface area contributed by atoms with Crippen LogP contribution in [0.5, 0.6) is 0 Å². The van der Waals surface area contributed by atoms with Gasteiger partial charge in [0, 0.05) is 6.54 Å². The minimum Gasteiger partial charge on any atom is -0.657 e. The maximum Gasteiger partial charge on any atom is 2.00 e. The molecule has 5 nitrogen and oxygen atoms in total. The molecule has 3 aromatic rings. The third-order valence-corrected chi connectivity index (χ3v) is 8.76. The third-order valence-electron chi connectivity index (χ3n) is 8.76. The molecule has 0 unspecified atom stereocenters. The molecule has 0 saturated carbocycles. The second kappa shape index (κ2) is 12.1. The summed E-state index contributed by atoms with van der Waals surface area (Å²) in [6.45, 7) is 18.5. The number of nitrogens with zero attached hydrogens (tertiary/aromatic N) is 5. The topological polar surface area (TPSA) is 57.2 Å². The summed E-state index contributed by atoms with van der Waals surface area (Å²) in [6, 6.07) is 6.60. The Balaban J connectivity index is 0.00000387. The van der Waals surface area contributed by atoms with E-state index >= 15 is 0 Å². The molecule has 6 heteroatoms. The van der Waals surface area contributed by atoms with E-state index in [9.17, 15) is 0 Å². The Morgan fingerprint density at radius 3 is 1.63 bits per heavy atom. The van der Waals surface area contributed by atoms with Gasteiger partial charge in [0.05, 0.1) is 22.8 Å².